The first kappa shape index (κ1) is 24.2. The average molecular weight is 548 g/mol. The molecule has 4 rings (SSSR count). The number of hydrogen-bond acceptors (Lipinski definition) is 4. The van der Waals surface area contributed by atoms with E-state index in [1.165, 1.54) is 5.69 Å². The molecule has 1 aliphatic heterocycles. The smallest absolute Gasteiger partial charge is 0.194 e. The van der Waals surface area contributed by atoms with Crippen LogP contribution in [0.5, 0.6) is 5.75 Å². The van der Waals surface area contributed by atoms with Gasteiger partial charge in [-0.1, -0.05) is 12.1 Å². The summed E-state index contributed by atoms with van der Waals surface area (Å²) in [6.45, 7) is 7.67. The second kappa shape index (κ2) is 11.9. The minimum atomic E-state index is 0. The van der Waals surface area contributed by atoms with Crippen LogP contribution >= 0.6 is 24.0 Å². The number of nitrogens with zero attached hydrogens (tertiary/aromatic N) is 4. The number of ether oxygens (including phenoxy) is 1. The SMILES string of the molecule is CCNC(=NCCCc1nc2ccccc2[nH]1)N1CCN(c2ccc(OC)cc2)CC1.I. The summed E-state index contributed by atoms with van der Waals surface area (Å²) in [5.41, 5.74) is 3.38. The van der Waals surface area contributed by atoms with Gasteiger partial charge in [0.05, 0.1) is 18.1 Å². The average Bonchev–Trinajstić information content (AvgIpc) is 3.24. The number of H-pyrrole nitrogens is 1. The van der Waals surface area contributed by atoms with Crippen molar-refractivity contribution in [3.8, 4) is 5.75 Å². The van der Waals surface area contributed by atoms with Crippen molar-refractivity contribution in [2.24, 2.45) is 4.99 Å². The van der Waals surface area contributed by atoms with Crippen LogP contribution in [-0.4, -0.2) is 67.2 Å². The topological polar surface area (TPSA) is 68.8 Å². The van der Waals surface area contributed by atoms with Gasteiger partial charge in [0.25, 0.3) is 0 Å². The maximum atomic E-state index is 5.27. The lowest BCUT2D eigenvalue weighted by molar-refractivity contribution is 0.372. The lowest BCUT2D eigenvalue weighted by Crippen LogP contribution is -2.52. The highest BCUT2D eigenvalue weighted by molar-refractivity contribution is 14.0. The molecule has 0 unspecified atom stereocenters. The highest BCUT2D eigenvalue weighted by Crippen LogP contribution is 2.20. The monoisotopic (exact) mass is 548 g/mol. The van der Waals surface area contributed by atoms with Crippen molar-refractivity contribution in [1.29, 1.82) is 0 Å². The number of aromatic nitrogens is 2. The van der Waals surface area contributed by atoms with Gasteiger partial charge in [-0.2, -0.15) is 0 Å². The van der Waals surface area contributed by atoms with Crippen molar-refractivity contribution < 1.29 is 4.74 Å². The molecular weight excluding hydrogens is 515 g/mol. The second-order valence-electron chi connectivity index (χ2n) is 7.71. The number of aryl methyl sites for hydroxylation is 1. The van der Waals surface area contributed by atoms with E-state index in [1.807, 2.05) is 30.3 Å². The predicted molar refractivity (Wildman–Crippen MR) is 143 cm³/mol. The standard InChI is InChI=1S/C24H32N6O.HI/c1-3-25-24(26-14-6-9-23-27-21-7-4-5-8-22(21)28-23)30-17-15-29(16-18-30)19-10-12-20(31-2)13-11-19;/h4-5,7-8,10-13H,3,6,9,14-18H2,1-2H3,(H,25,26)(H,27,28);1H. The quantitative estimate of drug-likeness (QED) is 0.203. The van der Waals surface area contributed by atoms with Crippen molar-refractivity contribution in [3.05, 3.63) is 54.4 Å². The molecule has 1 aliphatic rings. The highest BCUT2D eigenvalue weighted by Gasteiger charge is 2.19. The maximum Gasteiger partial charge on any atom is 0.194 e. The molecule has 2 heterocycles. The molecule has 2 aromatic carbocycles. The maximum absolute atomic E-state index is 5.27. The predicted octanol–water partition coefficient (Wildman–Crippen LogP) is 3.91. The first-order valence-corrected chi connectivity index (χ1v) is 11.1. The largest absolute Gasteiger partial charge is 0.497 e. The summed E-state index contributed by atoms with van der Waals surface area (Å²) in [5, 5.41) is 3.46. The third-order valence-electron chi connectivity index (χ3n) is 5.62. The highest BCUT2D eigenvalue weighted by atomic mass is 127. The van der Waals surface area contributed by atoms with Gasteiger partial charge in [0.15, 0.2) is 5.96 Å². The zero-order chi connectivity index (χ0) is 21.5. The number of guanidine groups is 1. The summed E-state index contributed by atoms with van der Waals surface area (Å²) in [5.74, 6) is 2.95. The van der Waals surface area contributed by atoms with Gasteiger partial charge in [-0.25, -0.2) is 4.98 Å². The van der Waals surface area contributed by atoms with Crippen LogP contribution in [0.4, 0.5) is 5.69 Å². The third-order valence-corrected chi connectivity index (χ3v) is 5.62. The minimum absolute atomic E-state index is 0. The number of methoxy groups -OCH3 is 1. The lowest BCUT2D eigenvalue weighted by Gasteiger charge is -2.37. The van der Waals surface area contributed by atoms with Crippen LogP contribution in [0.25, 0.3) is 11.0 Å². The molecule has 3 aromatic rings. The number of aliphatic imine (C=N–C) groups is 1. The van der Waals surface area contributed by atoms with Gasteiger partial charge in [0, 0.05) is 51.4 Å². The Balaban J connectivity index is 0.00000289. The fourth-order valence-corrected chi connectivity index (χ4v) is 3.95. The Kier molecular flexibility index (Phi) is 9.01. The number of halogens is 1. The summed E-state index contributed by atoms with van der Waals surface area (Å²) < 4.78 is 5.27. The van der Waals surface area contributed by atoms with E-state index in [2.05, 4.69) is 50.2 Å². The molecule has 2 N–H and O–H groups in total. The first-order valence-electron chi connectivity index (χ1n) is 11.1. The van der Waals surface area contributed by atoms with Gasteiger partial charge in [-0.05, 0) is 49.7 Å². The molecule has 7 nitrogen and oxygen atoms in total. The van der Waals surface area contributed by atoms with Crippen LogP contribution < -0.4 is 15.0 Å². The molecule has 0 atom stereocenters. The van der Waals surface area contributed by atoms with E-state index in [0.717, 1.165) is 80.7 Å². The normalized spacial score (nSPS) is 14.4. The fraction of sp³-hybridized carbons (Fsp3) is 0.417. The first-order chi connectivity index (χ1) is 15.3. The van der Waals surface area contributed by atoms with Gasteiger partial charge >= 0.3 is 0 Å². The molecule has 1 saturated heterocycles. The number of piperazine rings is 1. The van der Waals surface area contributed by atoms with Crippen LogP contribution in [0.3, 0.4) is 0 Å². The molecule has 32 heavy (non-hydrogen) atoms. The Morgan fingerprint density at radius 3 is 2.53 bits per heavy atom. The number of nitrogens with one attached hydrogen (secondary N) is 2. The summed E-state index contributed by atoms with van der Waals surface area (Å²) >= 11 is 0. The molecule has 172 valence electrons. The van der Waals surface area contributed by atoms with Gasteiger partial charge in [-0.15, -0.1) is 24.0 Å². The lowest BCUT2D eigenvalue weighted by atomic mass is 10.2. The van der Waals surface area contributed by atoms with Gasteiger partial charge in [-0.3, -0.25) is 4.99 Å². The van der Waals surface area contributed by atoms with Crippen LogP contribution in [0.1, 0.15) is 19.2 Å². The van der Waals surface area contributed by atoms with Crippen LogP contribution in [0.15, 0.2) is 53.5 Å². The number of rotatable bonds is 7. The van der Waals surface area contributed by atoms with Crippen molar-refractivity contribution in [2.75, 3.05) is 51.3 Å². The Hall–Kier alpha value is -2.49. The number of aromatic amines is 1. The Morgan fingerprint density at radius 1 is 1.09 bits per heavy atom. The van der Waals surface area contributed by atoms with Crippen molar-refractivity contribution >= 4 is 46.7 Å². The Labute approximate surface area is 207 Å². The Bertz CT molecular complexity index is 962. The van der Waals surface area contributed by atoms with Crippen LogP contribution in [0.2, 0.25) is 0 Å². The summed E-state index contributed by atoms with van der Waals surface area (Å²) in [7, 11) is 1.70. The number of benzene rings is 2. The van der Waals surface area contributed by atoms with E-state index >= 15 is 0 Å². The van der Waals surface area contributed by atoms with Crippen LogP contribution in [0, 0.1) is 0 Å². The summed E-state index contributed by atoms with van der Waals surface area (Å²) in [6, 6.07) is 16.5. The number of fused-ring (bicyclic) bond motifs is 1. The van der Waals surface area contributed by atoms with E-state index in [1.54, 1.807) is 7.11 Å². The van der Waals surface area contributed by atoms with Crippen molar-refractivity contribution in [2.45, 2.75) is 19.8 Å². The van der Waals surface area contributed by atoms with Crippen molar-refractivity contribution in [3.63, 3.8) is 0 Å². The molecule has 1 aromatic heterocycles. The molecular formula is C24H33IN6O. The fourth-order valence-electron chi connectivity index (χ4n) is 3.95. The molecule has 0 bridgehead atoms. The van der Waals surface area contributed by atoms with E-state index in [4.69, 9.17) is 9.73 Å². The molecule has 1 fully saturated rings. The zero-order valence-corrected chi connectivity index (χ0v) is 21.2. The molecule has 8 heteroatoms. The number of hydrogen-bond donors (Lipinski definition) is 2. The third kappa shape index (κ3) is 6.05. The molecule has 0 saturated carbocycles. The molecule has 0 radical (unpaired) electrons. The van der Waals surface area contributed by atoms with E-state index in [0.29, 0.717) is 0 Å². The van der Waals surface area contributed by atoms with E-state index in [-0.39, 0.29) is 24.0 Å². The summed E-state index contributed by atoms with van der Waals surface area (Å²) in [6.07, 6.45) is 1.88. The second-order valence-corrected chi connectivity index (χ2v) is 7.71. The molecule has 0 spiro atoms. The number of imidazole rings is 1. The number of anilines is 1. The van der Waals surface area contributed by atoms with Gasteiger partial charge in [0.1, 0.15) is 11.6 Å². The van der Waals surface area contributed by atoms with Gasteiger partial charge in [0.2, 0.25) is 0 Å². The van der Waals surface area contributed by atoms with Crippen molar-refractivity contribution in [1.82, 2.24) is 20.2 Å². The van der Waals surface area contributed by atoms with Crippen LogP contribution in [-0.2, 0) is 6.42 Å². The van der Waals surface area contributed by atoms with Gasteiger partial charge < -0.3 is 24.8 Å². The van der Waals surface area contributed by atoms with E-state index < -0.39 is 0 Å². The number of para-hydroxylation sites is 2. The zero-order valence-electron chi connectivity index (χ0n) is 18.9. The summed E-state index contributed by atoms with van der Waals surface area (Å²) in [4.78, 5) is 17.7. The Morgan fingerprint density at radius 2 is 1.84 bits per heavy atom. The van der Waals surface area contributed by atoms with E-state index in [9.17, 15) is 0 Å². The minimum Gasteiger partial charge on any atom is -0.497 e. The molecule has 0 aliphatic carbocycles. The molecule has 0 amide bonds.